The molecule has 92 valence electrons. The van der Waals surface area contributed by atoms with Gasteiger partial charge in [0.15, 0.2) is 0 Å². The highest BCUT2D eigenvalue weighted by molar-refractivity contribution is 5.82. The average Bonchev–Trinajstić information content (AvgIpc) is 3.03. The van der Waals surface area contributed by atoms with Crippen molar-refractivity contribution < 1.29 is 9.53 Å². The quantitative estimate of drug-likeness (QED) is 0.718. The molecule has 0 aromatic rings. The highest BCUT2D eigenvalue weighted by atomic mass is 16.6. The van der Waals surface area contributed by atoms with Gasteiger partial charge < -0.3 is 15.0 Å². The van der Waals surface area contributed by atoms with Crippen LogP contribution >= 0.6 is 0 Å². The number of rotatable bonds is 3. The zero-order valence-electron chi connectivity index (χ0n) is 10.5. The van der Waals surface area contributed by atoms with Crippen LogP contribution in [0.1, 0.15) is 26.7 Å². The van der Waals surface area contributed by atoms with Gasteiger partial charge in [-0.25, -0.2) is 0 Å². The van der Waals surface area contributed by atoms with E-state index >= 15 is 0 Å². The second-order valence-corrected chi connectivity index (χ2v) is 5.70. The minimum Gasteiger partial charge on any atom is -0.371 e. The summed E-state index contributed by atoms with van der Waals surface area (Å²) in [6, 6.07) is -0.0313. The number of likely N-dealkylation sites (N-methyl/N-ethyl adjacent to an activating group) is 1. The number of carbonyl (C=O) groups excluding carboxylic acids is 1. The Hall–Kier alpha value is -0.610. The molecule has 2 heterocycles. The molecule has 4 nitrogen and oxygen atoms in total. The maximum absolute atomic E-state index is 12.2. The number of nitrogens with zero attached hydrogens (tertiary/aromatic N) is 1. The van der Waals surface area contributed by atoms with E-state index in [0.29, 0.717) is 6.10 Å². The molecule has 2 atom stereocenters. The minimum absolute atomic E-state index is 0.0313. The Balaban J connectivity index is 2.04. The zero-order valence-corrected chi connectivity index (χ0v) is 10.5. The van der Waals surface area contributed by atoms with E-state index in [-0.39, 0.29) is 17.4 Å². The number of hydrogen-bond donors (Lipinski definition) is 1. The van der Waals surface area contributed by atoms with Gasteiger partial charge in [0.2, 0.25) is 5.91 Å². The lowest BCUT2D eigenvalue weighted by Gasteiger charge is -2.24. The highest BCUT2D eigenvalue weighted by Crippen LogP contribution is 2.31. The summed E-state index contributed by atoms with van der Waals surface area (Å²) in [6.45, 7) is 6.93. The van der Waals surface area contributed by atoms with E-state index < -0.39 is 0 Å². The summed E-state index contributed by atoms with van der Waals surface area (Å²) in [5.74, 6) is 0.239. The molecule has 0 aromatic heterocycles. The maximum Gasteiger partial charge on any atom is 0.239 e. The van der Waals surface area contributed by atoms with Crippen LogP contribution < -0.4 is 5.32 Å². The Morgan fingerprint density at radius 3 is 2.81 bits per heavy atom. The number of nitrogens with one attached hydrogen (secondary N) is 1. The molecule has 0 radical (unpaired) electrons. The van der Waals surface area contributed by atoms with E-state index in [9.17, 15) is 4.79 Å². The molecule has 0 spiro atoms. The van der Waals surface area contributed by atoms with Crippen molar-refractivity contribution in [1.29, 1.82) is 0 Å². The van der Waals surface area contributed by atoms with Gasteiger partial charge in [-0.3, -0.25) is 4.79 Å². The van der Waals surface area contributed by atoms with Crippen LogP contribution in [0.2, 0.25) is 0 Å². The third kappa shape index (κ3) is 2.74. The third-order valence-corrected chi connectivity index (χ3v) is 3.60. The molecule has 0 saturated carbocycles. The lowest BCUT2D eigenvalue weighted by Crippen LogP contribution is -2.45. The van der Waals surface area contributed by atoms with Crippen molar-refractivity contribution >= 4 is 5.91 Å². The van der Waals surface area contributed by atoms with E-state index in [1.54, 1.807) is 0 Å². The minimum atomic E-state index is -0.0313. The molecule has 0 bridgehead atoms. The SMILES string of the molecule is CNC1CC(C)(C)CCN(CC2CO2)C1=O. The largest absolute Gasteiger partial charge is 0.371 e. The van der Waals surface area contributed by atoms with Crippen LogP contribution in [0.3, 0.4) is 0 Å². The Morgan fingerprint density at radius 1 is 1.56 bits per heavy atom. The molecular weight excluding hydrogens is 204 g/mol. The summed E-state index contributed by atoms with van der Waals surface area (Å²) in [5, 5.41) is 3.14. The van der Waals surface area contributed by atoms with Gasteiger partial charge in [0, 0.05) is 13.1 Å². The molecular formula is C12H22N2O2. The summed E-state index contributed by atoms with van der Waals surface area (Å²) in [4.78, 5) is 14.2. The first-order chi connectivity index (χ1) is 7.52. The first kappa shape index (κ1) is 11.9. The predicted molar refractivity (Wildman–Crippen MR) is 62.2 cm³/mol. The van der Waals surface area contributed by atoms with Gasteiger partial charge in [-0.2, -0.15) is 0 Å². The van der Waals surface area contributed by atoms with Crippen molar-refractivity contribution in [2.75, 3.05) is 26.7 Å². The summed E-state index contributed by atoms with van der Waals surface area (Å²) in [6.07, 6.45) is 2.29. The Kier molecular flexibility index (Phi) is 3.22. The molecule has 2 unspecified atom stereocenters. The number of carbonyl (C=O) groups is 1. The topological polar surface area (TPSA) is 44.9 Å². The second kappa shape index (κ2) is 4.34. The number of amides is 1. The first-order valence-electron chi connectivity index (χ1n) is 6.09. The smallest absolute Gasteiger partial charge is 0.239 e. The average molecular weight is 226 g/mol. The lowest BCUT2D eigenvalue weighted by molar-refractivity contribution is -0.133. The molecule has 2 aliphatic rings. The molecule has 2 rings (SSSR count). The van der Waals surface area contributed by atoms with Crippen LogP contribution in [-0.4, -0.2) is 49.7 Å². The van der Waals surface area contributed by atoms with Crippen molar-refractivity contribution in [2.24, 2.45) is 5.41 Å². The van der Waals surface area contributed by atoms with Crippen LogP contribution in [0.25, 0.3) is 0 Å². The first-order valence-corrected chi connectivity index (χ1v) is 6.09. The fourth-order valence-electron chi connectivity index (χ4n) is 2.34. The van der Waals surface area contributed by atoms with E-state index in [4.69, 9.17) is 4.74 Å². The fourth-order valence-corrected chi connectivity index (χ4v) is 2.34. The van der Waals surface area contributed by atoms with Crippen LogP contribution in [0, 0.1) is 5.41 Å². The Bertz CT molecular complexity index is 274. The third-order valence-electron chi connectivity index (χ3n) is 3.60. The van der Waals surface area contributed by atoms with Crippen LogP contribution in [0.4, 0.5) is 0 Å². The summed E-state index contributed by atoms with van der Waals surface area (Å²) in [5.41, 5.74) is 0.239. The monoisotopic (exact) mass is 226 g/mol. The summed E-state index contributed by atoms with van der Waals surface area (Å²) >= 11 is 0. The lowest BCUT2D eigenvalue weighted by atomic mass is 9.83. The van der Waals surface area contributed by atoms with E-state index in [1.165, 1.54) is 0 Å². The molecule has 1 N–H and O–H groups in total. The number of epoxide rings is 1. The Morgan fingerprint density at radius 2 is 2.25 bits per heavy atom. The van der Waals surface area contributed by atoms with Gasteiger partial charge in [-0.05, 0) is 25.3 Å². The molecule has 0 aromatic carbocycles. The summed E-state index contributed by atoms with van der Waals surface area (Å²) < 4.78 is 5.21. The fraction of sp³-hybridized carbons (Fsp3) is 0.917. The van der Waals surface area contributed by atoms with Crippen molar-refractivity contribution in [3.8, 4) is 0 Å². The van der Waals surface area contributed by atoms with Crippen molar-refractivity contribution in [2.45, 2.75) is 38.8 Å². The van der Waals surface area contributed by atoms with Gasteiger partial charge in [-0.1, -0.05) is 13.8 Å². The van der Waals surface area contributed by atoms with Gasteiger partial charge >= 0.3 is 0 Å². The molecule has 4 heteroatoms. The van der Waals surface area contributed by atoms with Gasteiger partial charge in [-0.15, -0.1) is 0 Å². The Labute approximate surface area is 97.3 Å². The van der Waals surface area contributed by atoms with Crippen LogP contribution in [0.15, 0.2) is 0 Å². The van der Waals surface area contributed by atoms with Crippen molar-refractivity contribution in [3.05, 3.63) is 0 Å². The molecule has 16 heavy (non-hydrogen) atoms. The maximum atomic E-state index is 12.2. The van der Waals surface area contributed by atoms with Crippen molar-refractivity contribution in [1.82, 2.24) is 10.2 Å². The standard InChI is InChI=1S/C12H22N2O2/c1-12(2)4-5-14(7-9-8-16-9)11(15)10(6-12)13-3/h9-10,13H,4-8H2,1-3H3. The molecule has 0 aliphatic carbocycles. The summed E-state index contributed by atoms with van der Waals surface area (Å²) in [7, 11) is 1.87. The van der Waals surface area contributed by atoms with Crippen LogP contribution in [0.5, 0.6) is 0 Å². The van der Waals surface area contributed by atoms with E-state index in [0.717, 1.165) is 32.5 Å². The molecule has 2 fully saturated rings. The predicted octanol–water partition coefficient (Wildman–Crippen LogP) is 0.622. The van der Waals surface area contributed by atoms with Crippen molar-refractivity contribution in [3.63, 3.8) is 0 Å². The zero-order chi connectivity index (χ0) is 11.8. The van der Waals surface area contributed by atoms with E-state index in [1.807, 2.05) is 11.9 Å². The van der Waals surface area contributed by atoms with Crippen LogP contribution in [-0.2, 0) is 9.53 Å². The molecule has 1 amide bonds. The number of ether oxygens (including phenoxy) is 1. The normalized spacial score (nSPS) is 33.7. The molecule has 2 aliphatic heterocycles. The number of hydrogen-bond acceptors (Lipinski definition) is 3. The van der Waals surface area contributed by atoms with Gasteiger partial charge in [0.05, 0.1) is 18.8 Å². The van der Waals surface area contributed by atoms with Gasteiger partial charge in [0.1, 0.15) is 0 Å². The number of likely N-dealkylation sites (tertiary alicyclic amines) is 1. The highest BCUT2D eigenvalue weighted by Gasteiger charge is 2.36. The second-order valence-electron chi connectivity index (χ2n) is 5.70. The van der Waals surface area contributed by atoms with Gasteiger partial charge in [0.25, 0.3) is 0 Å². The van der Waals surface area contributed by atoms with E-state index in [2.05, 4.69) is 19.2 Å². The molecule has 2 saturated heterocycles.